The third-order valence-electron chi connectivity index (χ3n) is 1.59. The molecule has 1 aliphatic heterocycles. The van der Waals surface area contributed by atoms with Crippen molar-refractivity contribution in [2.75, 3.05) is 6.54 Å². The molecule has 1 nitrogen and oxygen atoms in total. The maximum Gasteiger partial charge on any atom is 0.0388 e. The third kappa shape index (κ3) is 2.00. The summed E-state index contributed by atoms with van der Waals surface area (Å²) in [6.07, 6.45) is 6.74. The minimum Gasteiger partial charge on any atom is -0.294 e. The highest BCUT2D eigenvalue weighted by Crippen LogP contribution is 2.07. The number of aliphatic imine (C=N–C) groups is 1. The minimum absolute atomic E-state index is 1.00. The Kier molecular flexibility index (Phi) is 2.49. The molecule has 1 aliphatic rings. The molecule has 0 saturated carbocycles. The van der Waals surface area contributed by atoms with E-state index in [2.05, 4.69) is 11.6 Å². The van der Waals surface area contributed by atoms with Crippen LogP contribution in [-0.4, -0.2) is 12.3 Å². The molecule has 0 aromatic rings. The summed E-state index contributed by atoms with van der Waals surface area (Å²) in [5.41, 5.74) is 1.34. The first-order valence-electron chi connectivity index (χ1n) is 3.56. The van der Waals surface area contributed by atoms with Crippen molar-refractivity contribution in [1.82, 2.24) is 0 Å². The Morgan fingerprint density at radius 2 is 2.44 bits per heavy atom. The Morgan fingerprint density at radius 1 is 1.56 bits per heavy atom. The summed E-state index contributed by atoms with van der Waals surface area (Å²) in [5.74, 6) is 0. The van der Waals surface area contributed by atoms with Gasteiger partial charge in [-0.1, -0.05) is 6.08 Å². The van der Waals surface area contributed by atoms with Crippen molar-refractivity contribution in [2.24, 2.45) is 4.99 Å². The van der Waals surface area contributed by atoms with Gasteiger partial charge in [-0.05, 0) is 19.3 Å². The minimum atomic E-state index is 1.00. The molecular formula is C8H13N. The van der Waals surface area contributed by atoms with Crippen molar-refractivity contribution in [3.05, 3.63) is 12.7 Å². The molecule has 0 fully saturated rings. The Morgan fingerprint density at radius 3 is 3.00 bits per heavy atom. The topological polar surface area (TPSA) is 12.4 Å². The fraction of sp³-hybridized carbons (Fsp3) is 0.625. The van der Waals surface area contributed by atoms with E-state index in [9.17, 15) is 0 Å². The molecule has 0 aliphatic carbocycles. The standard InChI is InChI=1S/C8H13N/c1-2-5-8-6-3-4-7-9-8/h2H,1,3-7H2. The summed E-state index contributed by atoms with van der Waals surface area (Å²) in [5, 5.41) is 0. The smallest absolute Gasteiger partial charge is 0.0388 e. The van der Waals surface area contributed by atoms with E-state index in [0.29, 0.717) is 0 Å². The normalized spacial score (nSPS) is 18.9. The van der Waals surface area contributed by atoms with Crippen molar-refractivity contribution in [3.8, 4) is 0 Å². The van der Waals surface area contributed by atoms with E-state index in [1.165, 1.54) is 25.0 Å². The number of hydrogen-bond donors (Lipinski definition) is 0. The fourth-order valence-corrected chi connectivity index (χ4v) is 1.09. The second-order valence-corrected chi connectivity index (χ2v) is 2.40. The summed E-state index contributed by atoms with van der Waals surface area (Å²) in [4.78, 5) is 4.36. The lowest BCUT2D eigenvalue weighted by atomic mass is 10.1. The lowest BCUT2D eigenvalue weighted by molar-refractivity contribution is 0.731. The van der Waals surface area contributed by atoms with Gasteiger partial charge in [0.2, 0.25) is 0 Å². The molecule has 0 atom stereocenters. The summed E-state index contributed by atoms with van der Waals surface area (Å²) in [7, 11) is 0. The molecule has 9 heavy (non-hydrogen) atoms. The summed E-state index contributed by atoms with van der Waals surface area (Å²) < 4.78 is 0. The molecule has 1 heteroatoms. The number of hydrogen-bond acceptors (Lipinski definition) is 1. The van der Waals surface area contributed by atoms with Crippen LogP contribution in [-0.2, 0) is 0 Å². The lowest BCUT2D eigenvalue weighted by Gasteiger charge is -2.08. The van der Waals surface area contributed by atoms with Crippen LogP contribution in [0.2, 0.25) is 0 Å². The zero-order chi connectivity index (χ0) is 6.53. The molecule has 0 radical (unpaired) electrons. The van der Waals surface area contributed by atoms with Crippen molar-refractivity contribution in [2.45, 2.75) is 25.7 Å². The molecule has 0 N–H and O–H groups in total. The van der Waals surface area contributed by atoms with E-state index in [1.54, 1.807) is 0 Å². The number of rotatable bonds is 2. The molecule has 50 valence electrons. The van der Waals surface area contributed by atoms with Crippen LogP contribution in [0.4, 0.5) is 0 Å². The molecule has 0 aromatic heterocycles. The monoisotopic (exact) mass is 123 g/mol. The Bertz CT molecular complexity index is 125. The van der Waals surface area contributed by atoms with Gasteiger partial charge in [-0.2, -0.15) is 0 Å². The van der Waals surface area contributed by atoms with Gasteiger partial charge in [0, 0.05) is 18.7 Å². The predicted octanol–water partition coefficient (Wildman–Crippen LogP) is 2.19. The van der Waals surface area contributed by atoms with E-state index >= 15 is 0 Å². The van der Waals surface area contributed by atoms with Gasteiger partial charge in [0.05, 0.1) is 0 Å². The largest absolute Gasteiger partial charge is 0.294 e. The Balaban J connectivity index is 2.36. The molecule has 1 heterocycles. The van der Waals surface area contributed by atoms with Gasteiger partial charge in [-0.25, -0.2) is 0 Å². The zero-order valence-corrected chi connectivity index (χ0v) is 5.77. The molecule has 0 spiro atoms. The number of nitrogens with zero attached hydrogens (tertiary/aromatic N) is 1. The molecular weight excluding hydrogens is 110 g/mol. The van der Waals surface area contributed by atoms with Crippen molar-refractivity contribution in [3.63, 3.8) is 0 Å². The zero-order valence-electron chi connectivity index (χ0n) is 5.77. The first-order chi connectivity index (χ1) is 4.43. The average Bonchev–Trinajstić information content (AvgIpc) is 1.91. The average molecular weight is 123 g/mol. The maximum atomic E-state index is 4.36. The predicted molar refractivity (Wildman–Crippen MR) is 41.0 cm³/mol. The highest BCUT2D eigenvalue weighted by Gasteiger charge is 2.01. The summed E-state index contributed by atoms with van der Waals surface area (Å²) in [6, 6.07) is 0. The van der Waals surface area contributed by atoms with Gasteiger partial charge >= 0.3 is 0 Å². The quantitative estimate of drug-likeness (QED) is 0.499. The Hall–Kier alpha value is -0.590. The van der Waals surface area contributed by atoms with Gasteiger partial charge in [0.1, 0.15) is 0 Å². The van der Waals surface area contributed by atoms with Crippen LogP contribution in [0.5, 0.6) is 0 Å². The van der Waals surface area contributed by atoms with E-state index in [0.717, 1.165) is 13.0 Å². The second-order valence-electron chi connectivity index (χ2n) is 2.40. The molecule has 0 saturated heterocycles. The highest BCUT2D eigenvalue weighted by molar-refractivity contribution is 5.86. The third-order valence-corrected chi connectivity index (χ3v) is 1.59. The van der Waals surface area contributed by atoms with Crippen LogP contribution in [0.25, 0.3) is 0 Å². The summed E-state index contributed by atoms with van der Waals surface area (Å²) in [6.45, 7) is 4.72. The van der Waals surface area contributed by atoms with Crippen LogP contribution in [0.3, 0.4) is 0 Å². The van der Waals surface area contributed by atoms with E-state index in [-0.39, 0.29) is 0 Å². The van der Waals surface area contributed by atoms with Crippen molar-refractivity contribution in [1.29, 1.82) is 0 Å². The SMILES string of the molecule is C=CCC1=NCCCC1. The molecule has 0 aromatic carbocycles. The van der Waals surface area contributed by atoms with Gasteiger partial charge < -0.3 is 0 Å². The van der Waals surface area contributed by atoms with Gasteiger partial charge in [-0.15, -0.1) is 6.58 Å². The van der Waals surface area contributed by atoms with Crippen LogP contribution >= 0.6 is 0 Å². The number of allylic oxidation sites excluding steroid dienone is 1. The van der Waals surface area contributed by atoms with Gasteiger partial charge in [0.15, 0.2) is 0 Å². The lowest BCUT2D eigenvalue weighted by Crippen LogP contribution is -2.04. The molecule has 0 amide bonds. The van der Waals surface area contributed by atoms with E-state index in [1.807, 2.05) is 6.08 Å². The molecule has 1 rings (SSSR count). The van der Waals surface area contributed by atoms with Crippen LogP contribution in [0.15, 0.2) is 17.6 Å². The van der Waals surface area contributed by atoms with E-state index < -0.39 is 0 Å². The first-order valence-corrected chi connectivity index (χ1v) is 3.56. The first kappa shape index (κ1) is 6.53. The fourth-order valence-electron chi connectivity index (χ4n) is 1.09. The van der Waals surface area contributed by atoms with E-state index in [4.69, 9.17) is 0 Å². The Labute approximate surface area is 56.5 Å². The molecule has 0 bridgehead atoms. The molecule has 0 unspecified atom stereocenters. The van der Waals surface area contributed by atoms with Gasteiger partial charge in [-0.3, -0.25) is 4.99 Å². The van der Waals surface area contributed by atoms with Crippen LogP contribution < -0.4 is 0 Å². The van der Waals surface area contributed by atoms with Crippen molar-refractivity contribution >= 4 is 5.71 Å². The van der Waals surface area contributed by atoms with Crippen LogP contribution in [0.1, 0.15) is 25.7 Å². The summed E-state index contributed by atoms with van der Waals surface area (Å²) >= 11 is 0. The van der Waals surface area contributed by atoms with Gasteiger partial charge in [0.25, 0.3) is 0 Å². The van der Waals surface area contributed by atoms with Crippen LogP contribution in [0, 0.1) is 0 Å². The van der Waals surface area contributed by atoms with Crippen molar-refractivity contribution < 1.29 is 0 Å². The second kappa shape index (κ2) is 3.44. The maximum absolute atomic E-state index is 4.36. The highest BCUT2D eigenvalue weighted by atomic mass is 14.7.